The van der Waals surface area contributed by atoms with Gasteiger partial charge in [0.2, 0.25) is 0 Å². The number of hydrogen-bond acceptors (Lipinski definition) is 0. The predicted molar refractivity (Wildman–Crippen MR) is 54.7 cm³/mol. The molecule has 0 heterocycles. The van der Waals surface area contributed by atoms with Crippen LogP contribution in [-0.4, -0.2) is 18.8 Å². The Morgan fingerprint density at radius 2 is 1.50 bits per heavy atom. The predicted octanol–water partition coefficient (Wildman–Crippen LogP) is 3.41. The van der Waals surface area contributed by atoms with Crippen LogP contribution in [0, 0.1) is 14.9 Å². The van der Waals surface area contributed by atoms with Crippen LogP contribution in [-0.2, 0) is 32.7 Å². The van der Waals surface area contributed by atoms with Crippen molar-refractivity contribution in [1.82, 2.24) is 0 Å². The minimum absolute atomic E-state index is 0. The van der Waals surface area contributed by atoms with Crippen LogP contribution in [0.25, 0.3) is 10.6 Å². The minimum atomic E-state index is 0. The molecule has 0 aromatic heterocycles. The second-order valence-electron chi connectivity index (χ2n) is 2.37. The fourth-order valence-corrected chi connectivity index (χ4v) is 0.743. The first-order valence-electron chi connectivity index (χ1n) is 3.53. The molecule has 0 bridgehead atoms. The SMILES string of the molecule is CC[N-]C(C)[N-]C(C)C.[CH3-].[CH3-].[Y]. The zero-order chi connectivity index (χ0) is 7.28. The van der Waals surface area contributed by atoms with E-state index in [0.717, 1.165) is 6.54 Å². The molecule has 0 saturated carbocycles. The topological polar surface area (TPSA) is 28.2 Å². The Morgan fingerprint density at radius 3 is 1.75 bits per heavy atom. The number of rotatable bonds is 4. The van der Waals surface area contributed by atoms with Crippen molar-refractivity contribution >= 4 is 0 Å². The summed E-state index contributed by atoms with van der Waals surface area (Å²) in [5.41, 5.74) is 0. The Hall–Kier alpha value is 1.02. The van der Waals surface area contributed by atoms with Crippen LogP contribution in [0.15, 0.2) is 0 Å². The first-order valence-corrected chi connectivity index (χ1v) is 3.53. The molecule has 0 spiro atoms. The van der Waals surface area contributed by atoms with Gasteiger partial charge in [0, 0.05) is 32.7 Å². The maximum atomic E-state index is 4.30. The normalized spacial score (nSPS) is 10.8. The van der Waals surface area contributed by atoms with Gasteiger partial charge in [0.1, 0.15) is 0 Å². The van der Waals surface area contributed by atoms with E-state index in [1.807, 2.05) is 13.8 Å². The van der Waals surface area contributed by atoms with Gasteiger partial charge in [-0.15, -0.1) is 13.0 Å². The zero-order valence-corrected chi connectivity index (χ0v) is 12.2. The second kappa shape index (κ2) is 14.5. The molecule has 3 heteroatoms. The molecule has 0 N–H and O–H groups in total. The van der Waals surface area contributed by atoms with E-state index < -0.39 is 0 Å². The van der Waals surface area contributed by atoms with Crippen LogP contribution in [0.1, 0.15) is 27.7 Å². The summed E-state index contributed by atoms with van der Waals surface area (Å²) in [6, 6.07) is 0.412. The van der Waals surface area contributed by atoms with E-state index in [1.54, 1.807) is 0 Å². The fourth-order valence-electron chi connectivity index (χ4n) is 0.743. The molecule has 0 saturated heterocycles. The van der Waals surface area contributed by atoms with Crippen LogP contribution in [0.3, 0.4) is 0 Å². The summed E-state index contributed by atoms with van der Waals surface area (Å²) in [4.78, 5) is 0. The van der Waals surface area contributed by atoms with Crippen molar-refractivity contribution in [2.45, 2.75) is 39.9 Å². The Bertz CT molecular complexity index is 67.5. The van der Waals surface area contributed by atoms with Gasteiger partial charge in [-0.3, -0.25) is 0 Å². The van der Waals surface area contributed by atoms with Gasteiger partial charge in [0.25, 0.3) is 0 Å². The third-order valence-electron chi connectivity index (χ3n) is 0.961. The molecule has 0 aliphatic rings. The smallest absolute Gasteiger partial charge is 0 e. The molecule has 0 aliphatic carbocycles. The van der Waals surface area contributed by atoms with Crippen molar-refractivity contribution < 1.29 is 32.7 Å². The van der Waals surface area contributed by atoms with E-state index in [-0.39, 0.29) is 53.7 Å². The van der Waals surface area contributed by atoms with Crippen molar-refractivity contribution in [2.24, 2.45) is 0 Å². The maximum Gasteiger partial charge on any atom is 0 e. The maximum absolute atomic E-state index is 4.30. The summed E-state index contributed by atoms with van der Waals surface area (Å²) in [5.74, 6) is 0. The van der Waals surface area contributed by atoms with E-state index in [2.05, 4.69) is 24.5 Å². The van der Waals surface area contributed by atoms with Crippen molar-refractivity contribution in [3.63, 3.8) is 0 Å². The van der Waals surface area contributed by atoms with Gasteiger partial charge in [0.15, 0.2) is 0 Å². The van der Waals surface area contributed by atoms with Crippen LogP contribution in [0.4, 0.5) is 0 Å². The summed E-state index contributed by atoms with van der Waals surface area (Å²) in [7, 11) is 0. The third-order valence-corrected chi connectivity index (χ3v) is 0.961. The molecule has 0 aliphatic heterocycles. The van der Waals surface area contributed by atoms with E-state index in [0.29, 0.717) is 6.04 Å². The largest absolute Gasteiger partial charge is 0.678 e. The van der Waals surface area contributed by atoms with E-state index in [1.165, 1.54) is 0 Å². The molecular formula is C9H22N2Y-4. The van der Waals surface area contributed by atoms with E-state index in [9.17, 15) is 0 Å². The summed E-state index contributed by atoms with van der Waals surface area (Å²) in [6.45, 7) is 9.07. The van der Waals surface area contributed by atoms with E-state index >= 15 is 0 Å². The van der Waals surface area contributed by atoms with Gasteiger partial charge in [-0.05, 0) is 0 Å². The first kappa shape index (κ1) is 23.1. The van der Waals surface area contributed by atoms with E-state index in [4.69, 9.17) is 0 Å². The molecule has 0 fully saturated rings. The third kappa shape index (κ3) is 17.2. The molecule has 0 aromatic carbocycles. The molecule has 1 unspecified atom stereocenters. The molecule has 1 radical (unpaired) electrons. The van der Waals surface area contributed by atoms with Gasteiger partial charge in [-0.25, -0.2) is 6.17 Å². The molecule has 0 amide bonds. The van der Waals surface area contributed by atoms with Crippen LogP contribution >= 0.6 is 0 Å². The monoisotopic (exact) mass is 247 g/mol. The quantitative estimate of drug-likeness (QED) is 0.681. The van der Waals surface area contributed by atoms with Crippen LogP contribution < -0.4 is 0 Å². The molecule has 0 rings (SSSR count). The zero-order valence-electron chi connectivity index (χ0n) is 9.33. The van der Waals surface area contributed by atoms with Crippen molar-refractivity contribution in [3.8, 4) is 0 Å². The summed E-state index contributed by atoms with van der Waals surface area (Å²) < 4.78 is 0. The van der Waals surface area contributed by atoms with Crippen molar-refractivity contribution in [2.75, 3.05) is 6.54 Å². The molecule has 2 nitrogen and oxygen atoms in total. The Labute approximate surface area is 104 Å². The van der Waals surface area contributed by atoms with Crippen LogP contribution in [0.2, 0.25) is 0 Å². The Balaban J connectivity index is -0.000000107. The van der Waals surface area contributed by atoms with Gasteiger partial charge in [-0.2, -0.15) is 6.54 Å². The standard InChI is InChI=1S/C7H16N2.2CH3.Y/c1-5-8-7(4)9-6(2)3;;;/h6-7H,5H2,1-4H3;2*1H3;/q-2;2*-1;. The molecule has 1 atom stereocenters. The van der Waals surface area contributed by atoms with Gasteiger partial charge in [0.05, 0.1) is 0 Å². The van der Waals surface area contributed by atoms with Crippen molar-refractivity contribution in [1.29, 1.82) is 0 Å². The Morgan fingerprint density at radius 1 is 1.08 bits per heavy atom. The van der Waals surface area contributed by atoms with Crippen LogP contribution in [0.5, 0.6) is 0 Å². The second-order valence-corrected chi connectivity index (χ2v) is 2.37. The fraction of sp³-hybridized carbons (Fsp3) is 0.778. The molecule has 0 aromatic rings. The van der Waals surface area contributed by atoms with Gasteiger partial charge >= 0.3 is 0 Å². The van der Waals surface area contributed by atoms with Gasteiger partial charge < -0.3 is 25.5 Å². The molecule has 75 valence electrons. The molecular weight excluding hydrogens is 225 g/mol. The average molecular weight is 247 g/mol. The number of hydrogen-bond donors (Lipinski definition) is 0. The minimum Gasteiger partial charge on any atom is -0.678 e. The Kier molecular flexibility index (Phi) is 28.0. The first-order chi connectivity index (χ1) is 4.16. The number of nitrogens with zero attached hydrogens (tertiary/aromatic N) is 2. The average Bonchev–Trinajstić information content (AvgIpc) is 1.63. The summed E-state index contributed by atoms with van der Waals surface area (Å²) in [6.07, 6.45) is 0.190. The van der Waals surface area contributed by atoms with Gasteiger partial charge in [-0.1, -0.05) is 20.8 Å². The summed E-state index contributed by atoms with van der Waals surface area (Å²) in [5, 5.41) is 8.50. The summed E-state index contributed by atoms with van der Waals surface area (Å²) >= 11 is 0. The molecule has 12 heavy (non-hydrogen) atoms. The van der Waals surface area contributed by atoms with Crippen molar-refractivity contribution in [3.05, 3.63) is 25.5 Å².